The largest absolute Gasteiger partial charge is 0.441 e. The van der Waals surface area contributed by atoms with Gasteiger partial charge in [0.1, 0.15) is 5.76 Å². The number of hydrogen-bond acceptors (Lipinski definition) is 5. The average Bonchev–Trinajstić information content (AvgIpc) is 3.10. The lowest BCUT2D eigenvalue weighted by molar-refractivity contribution is 0.0593. The SMILES string of the molecule is Cc1oc(-c2ccsc2)nc1CN1CCCC(C(C)O)C1. The van der Waals surface area contributed by atoms with E-state index in [2.05, 4.69) is 15.3 Å². The average molecular weight is 306 g/mol. The molecule has 3 heterocycles. The smallest absolute Gasteiger partial charge is 0.227 e. The molecule has 0 amide bonds. The van der Waals surface area contributed by atoms with Crippen LogP contribution in [0.5, 0.6) is 0 Å². The van der Waals surface area contributed by atoms with Crippen molar-refractivity contribution >= 4 is 11.3 Å². The lowest BCUT2D eigenvalue weighted by Crippen LogP contribution is -2.39. The minimum absolute atomic E-state index is 0.229. The lowest BCUT2D eigenvalue weighted by atomic mass is 9.93. The Morgan fingerprint density at radius 2 is 2.43 bits per heavy atom. The molecule has 1 fully saturated rings. The molecule has 2 atom stereocenters. The van der Waals surface area contributed by atoms with Gasteiger partial charge in [0.2, 0.25) is 5.89 Å². The summed E-state index contributed by atoms with van der Waals surface area (Å²) in [5, 5.41) is 13.9. The molecular formula is C16H22N2O2S. The summed E-state index contributed by atoms with van der Waals surface area (Å²) in [5.74, 6) is 1.99. The van der Waals surface area contributed by atoms with Gasteiger partial charge in [0.05, 0.1) is 11.8 Å². The fourth-order valence-corrected chi connectivity index (χ4v) is 3.55. The molecular weight excluding hydrogens is 284 g/mol. The first kappa shape index (κ1) is 14.8. The molecule has 2 aromatic rings. The number of aryl methyl sites for hydroxylation is 1. The highest BCUT2D eigenvalue weighted by atomic mass is 32.1. The van der Waals surface area contributed by atoms with Crippen molar-refractivity contribution in [2.24, 2.45) is 5.92 Å². The van der Waals surface area contributed by atoms with Crippen LogP contribution in [0.25, 0.3) is 11.5 Å². The molecule has 114 valence electrons. The van der Waals surface area contributed by atoms with Crippen LogP contribution in [0.4, 0.5) is 0 Å². The molecule has 0 bridgehead atoms. The Kier molecular flexibility index (Phi) is 4.42. The van der Waals surface area contributed by atoms with Gasteiger partial charge in [-0.15, -0.1) is 0 Å². The van der Waals surface area contributed by atoms with Crippen LogP contribution in [-0.4, -0.2) is 34.2 Å². The van der Waals surface area contributed by atoms with E-state index in [0.717, 1.165) is 49.5 Å². The highest BCUT2D eigenvalue weighted by Crippen LogP contribution is 2.26. The summed E-state index contributed by atoms with van der Waals surface area (Å²) in [6.45, 7) is 6.70. The highest BCUT2D eigenvalue weighted by Gasteiger charge is 2.24. The van der Waals surface area contributed by atoms with Crippen molar-refractivity contribution in [3.05, 3.63) is 28.3 Å². The number of rotatable bonds is 4. The number of nitrogens with zero attached hydrogens (tertiary/aromatic N) is 2. The Hall–Kier alpha value is -1.17. The highest BCUT2D eigenvalue weighted by molar-refractivity contribution is 7.08. The van der Waals surface area contributed by atoms with Crippen LogP contribution in [0.2, 0.25) is 0 Å². The minimum Gasteiger partial charge on any atom is -0.441 e. The molecule has 5 heteroatoms. The molecule has 4 nitrogen and oxygen atoms in total. The Morgan fingerprint density at radius 3 is 3.14 bits per heavy atom. The summed E-state index contributed by atoms with van der Waals surface area (Å²) >= 11 is 1.65. The zero-order valence-corrected chi connectivity index (χ0v) is 13.4. The number of hydrogen-bond donors (Lipinski definition) is 1. The normalized spacial score (nSPS) is 21.6. The fraction of sp³-hybridized carbons (Fsp3) is 0.562. The van der Waals surface area contributed by atoms with Crippen LogP contribution in [0.3, 0.4) is 0 Å². The molecule has 1 saturated heterocycles. The van der Waals surface area contributed by atoms with E-state index in [4.69, 9.17) is 4.42 Å². The van der Waals surface area contributed by atoms with Crippen molar-refractivity contribution in [1.29, 1.82) is 0 Å². The van der Waals surface area contributed by atoms with E-state index in [0.29, 0.717) is 11.8 Å². The van der Waals surface area contributed by atoms with Gasteiger partial charge in [-0.05, 0) is 50.6 Å². The van der Waals surface area contributed by atoms with E-state index in [1.165, 1.54) is 0 Å². The van der Waals surface area contributed by atoms with Gasteiger partial charge in [-0.3, -0.25) is 4.90 Å². The third kappa shape index (κ3) is 3.36. The molecule has 1 aliphatic rings. The molecule has 2 aromatic heterocycles. The van der Waals surface area contributed by atoms with Gasteiger partial charge in [-0.2, -0.15) is 11.3 Å². The first-order chi connectivity index (χ1) is 10.1. The molecule has 2 unspecified atom stereocenters. The summed E-state index contributed by atoms with van der Waals surface area (Å²) in [4.78, 5) is 7.03. The summed E-state index contributed by atoms with van der Waals surface area (Å²) in [6.07, 6.45) is 2.03. The predicted octanol–water partition coefficient (Wildman–Crippen LogP) is 3.30. The Balaban J connectivity index is 1.70. The molecule has 0 spiro atoms. The van der Waals surface area contributed by atoms with Gasteiger partial charge in [-0.25, -0.2) is 4.98 Å². The van der Waals surface area contributed by atoms with E-state index < -0.39 is 0 Å². The Morgan fingerprint density at radius 1 is 1.57 bits per heavy atom. The molecule has 1 aliphatic heterocycles. The maximum absolute atomic E-state index is 9.79. The number of aliphatic hydroxyl groups is 1. The van der Waals surface area contributed by atoms with Crippen molar-refractivity contribution in [1.82, 2.24) is 9.88 Å². The maximum atomic E-state index is 9.79. The van der Waals surface area contributed by atoms with Crippen LogP contribution in [0.15, 0.2) is 21.2 Å². The lowest BCUT2D eigenvalue weighted by Gasteiger charge is -2.33. The van der Waals surface area contributed by atoms with E-state index in [-0.39, 0.29) is 6.10 Å². The number of aromatic nitrogens is 1. The van der Waals surface area contributed by atoms with Gasteiger partial charge in [0.15, 0.2) is 0 Å². The minimum atomic E-state index is -0.229. The molecule has 0 aliphatic carbocycles. The number of likely N-dealkylation sites (tertiary alicyclic amines) is 1. The van der Waals surface area contributed by atoms with E-state index >= 15 is 0 Å². The Bertz CT molecular complexity index is 577. The van der Waals surface area contributed by atoms with Crippen LogP contribution >= 0.6 is 11.3 Å². The molecule has 0 radical (unpaired) electrons. The number of oxazole rings is 1. The second kappa shape index (κ2) is 6.30. The summed E-state index contributed by atoms with van der Waals surface area (Å²) in [6, 6.07) is 2.03. The van der Waals surface area contributed by atoms with Gasteiger partial charge >= 0.3 is 0 Å². The van der Waals surface area contributed by atoms with Gasteiger partial charge in [-0.1, -0.05) is 0 Å². The van der Waals surface area contributed by atoms with Crippen molar-refractivity contribution in [3.63, 3.8) is 0 Å². The van der Waals surface area contributed by atoms with Gasteiger partial charge in [0.25, 0.3) is 0 Å². The third-order valence-corrected chi connectivity index (χ3v) is 4.94. The van der Waals surface area contributed by atoms with E-state index in [9.17, 15) is 5.11 Å². The summed E-state index contributed by atoms with van der Waals surface area (Å²) in [5.41, 5.74) is 2.07. The zero-order chi connectivity index (χ0) is 14.8. The summed E-state index contributed by atoms with van der Waals surface area (Å²) < 4.78 is 5.79. The van der Waals surface area contributed by atoms with E-state index in [1.54, 1.807) is 11.3 Å². The van der Waals surface area contributed by atoms with Gasteiger partial charge < -0.3 is 9.52 Å². The third-order valence-electron chi connectivity index (χ3n) is 4.26. The first-order valence-electron chi connectivity index (χ1n) is 7.53. The standard InChI is InChI=1S/C16H22N2O2S/c1-11(19)13-4-3-6-18(8-13)9-15-12(2)20-16(17-15)14-5-7-21-10-14/h5,7,10-11,13,19H,3-4,6,8-9H2,1-2H3. The van der Waals surface area contributed by atoms with Crippen LogP contribution in [0, 0.1) is 12.8 Å². The topological polar surface area (TPSA) is 49.5 Å². The number of thiophene rings is 1. The van der Waals surface area contributed by atoms with Crippen molar-refractivity contribution < 1.29 is 9.52 Å². The van der Waals surface area contributed by atoms with Gasteiger partial charge in [0, 0.05) is 24.0 Å². The second-order valence-electron chi connectivity index (χ2n) is 5.91. The quantitative estimate of drug-likeness (QED) is 0.941. The monoisotopic (exact) mass is 306 g/mol. The van der Waals surface area contributed by atoms with Crippen LogP contribution < -0.4 is 0 Å². The number of aliphatic hydroxyl groups excluding tert-OH is 1. The van der Waals surface area contributed by atoms with Crippen molar-refractivity contribution in [2.45, 2.75) is 39.3 Å². The molecule has 0 aromatic carbocycles. The fourth-order valence-electron chi connectivity index (χ4n) is 2.92. The van der Waals surface area contributed by atoms with Crippen molar-refractivity contribution in [3.8, 4) is 11.5 Å². The molecule has 3 rings (SSSR count). The van der Waals surface area contributed by atoms with Crippen LogP contribution in [0.1, 0.15) is 31.2 Å². The molecule has 1 N–H and O–H groups in total. The maximum Gasteiger partial charge on any atom is 0.227 e. The number of piperidine rings is 1. The predicted molar refractivity (Wildman–Crippen MR) is 84.2 cm³/mol. The second-order valence-corrected chi connectivity index (χ2v) is 6.69. The first-order valence-corrected chi connectivity index (χ1v) is 8.47. The Labute approximate surface area is 129 Å². The van der Waals surface area contributed by atoms with Crippen molar-refractivity contribution in [2.75, 3.05) is 13.1 Å². The van der Waals surface area contributed by atoms with Crippen LogP contribution in [-0.2, 0) is 6.54 Å². The van der Waals surface area contributed by atoms with E-state index in [1.807, 2.05) is 25.3 Å². The molecule has 0 saturated carbocycles. The molecule has 21 heavy (non-hydrogen) atoms. The summed E-state index contributed by atoms with van der Waals surface area (Å²) in [7, 11) is 0. The zero-order valence-electron chi connectivity index (χ0n) is 12.6.